The van der Waals surface area contributed by atoms with Crippen LogP contribution in [0.25, 0.3) is 0 Å². The van der Waals surface area contributed by atoms with Gasteiger partial charge in [0.05, 0.1) is 18.8 Å². The van der Waals surface area contributed by atoms with Crippen LogP contribution in [0.1, 0.15) is 49.0 Å². The van der Waals surface area contributed by atoms with E-state index >= 15 is 0 Å². The molecule has 1 N–H and O–H groups in total. The minimum absolute atomic E-state index is 0.0206. The molecule has 1 fully saturated rings. The van der Waals surface area contributed by atoms with Crippen molar-refractivity contribution >= 4 is 45.9 Å². The minimum atomic E-state index is -0.563. The molecule has 0 bridgehead atoms. The Morgan fingerprint density at radius 2 is 1.79 bits per heavy atom. The van der Waals surface area contributed by atoms with Gasteiger partial charge in [0, 0.05) is 24.8 Å². The third-order valence-corrected chi connectivity index (χ3v) is 6.44. The normalized spacial score (nSPS) is 17.1. The lowest BCUT2D eigenvalue weighted by Gasteiger charge is -2.16. The Balaban J connectivity index is 1.71. The van der Waals surface area contributed by atoms with E-state index in [9.17, 15) is 14.4 Å². The number of carbonyl (C=O) groups is 3. The van der Waals surface area contributed by atoms with Gasteiger partial charge in [-0.1, -0.05) is 37.7 Å². The second-order valence-electron chi connectivity index (χ2n) is 8.12. The number of ketones is 1. The molecule has 1 atom stereocenters. The highest BCUT2D eigenvalue weighted by atomic mass is 32.2. The molecule has 33 heavy (non-hydrogen) atoms. The van der Waals surface area contributed by atoms with Crippen molar-refractivity contribution < 1.29 is 19.1 Å². The molecule has 2 amide bonds. The highest BCUT2D eigenvalue weighted by Crippen LogP contribution is 2.32. The highest BCUT2D eigenvalue weighted by molar-refractivity contribution is 8.15. The van der Waals surface area contributed by atoms with Crippen molar-refractivity contribution in [3.63, 3.8) is 0 Å². The van der Waals surface area contributed by atoms with E-state index in [4.69, 9.17) is 4.74 Å². The third kappa shape index (κ3) is 6.52. The number of amidine groups is 1. The van der Waals surface area contributed by atoms with Crippen molar-refractivity contribution in [2.45, 2.75) is 38.4 Å². The van der Waals surface area contributed by atoms with Gasteiger partial charge in [-0.2, -0.15) is 0 Å². The van der Waals surface area contributed by atoms with E-state index in [0.717, 1.165) is 5.69 Å². The number of nitrogens with one attached hydrogen (secondary N) is 1. The van der Waals surface area contributed by atoms with E-state index in [1.54, 1.807) is 36.3 Å². The number of hydrogen-bond acceptors (Lipinski definition) is 6. The number of hydrogen-bond donors (Lipinski definition) is 1. The van der Waals surface area contributed by atoms with Gasteiger partial charge in [-0.05, 0) is 54.8 Å². The molecule has 2 aromatic rings. The van der Waals surface area contributed by atoms with Gasteiger partial charge in [-0.3, -0.25) is 19.3 Å². The maximum atomic E-state index is 13.0. The number of ether oxygens (including phenoxy) is 1. The lowest BCUT2D eigenvalue weighted by molar-refractivity contribution is -0.128. The zero-order chi connectivity index (χ0) is 24.0. The average Bonchev–Trinajstić information content (AvgIpc) is 3.06. The quantitative estimate of drug-likeness (QED) is 0.544. The van der Waals surface area contributed by atoms with Crippen molar-refractivity contribution in [3.05, 3.63) is 59.7 Å². The van der Waals surface area contributed by atoms with E-state index in [2.05, 4.69) is 24.2 Å². The number of nitrogens with zero attached hydrogens (tertiary/aromatic N) is 2. The van der Waals surface area contributed by atoms with E-state index < -0.39 is 5.25 Å². The molecular weight excluding hydrogens is 438 g/mol. The zero-order valence-electron chi connectivity index (χ0n) is 19.3. The van der Waals surface area contributed by atoms with Crippen molar-refractivity contribution in [1.29, 1.82) is 0 Å². The standard InChI is InChI=1S/C25H29N3O4S/c1-16(2)18-5-9-21(10-6-18)27-25-28(13-14-32-4)24(31)22(33-25)15-23(30)26-20-11-7-19(8-12-20)17(3)29/h5-12,16,22H,13-15H2,1-4H3,(H,26,30). The second kappa shape index (κ2) is 11.2. The number of aliphatic imine (C=N–C) groups is 1. The monoisotopic (exact) mass is 467 g/mol. The number of benzene rings is 2. The third-order valence-electron chi connectivity index (χ3n) is 5.27. The first-order valence-electron chi connectivity index (χ1n) is 10.8. The molecule has 0 spiro atoms. The van der Waals surface area contributed by atoms with Gasteiger partial charge in [0.15, 0.2) is 11.0 Å². The summed E-state index contributed by atoms with van der Waals surface area (Å²) in [6, 6.07) is 14.6. The van der Waals surface area contributed by atoms with E-state index in [1.807, 2.05) is 24.3 Å². The van der Waals surface area contributed by atoms with Gasteiger partial charge in [0.2, 0.25) is 11.8 Å². The molecule has 1 unspecified atom stereocenters. The molecule has 1 saturated heterocycles. The fourth-order valence-corrected chi connectivity index (χ4v) is 4.51. The molecule has 0 radical (unpaired) electrons. The smallest absolute Gasteiger partial charge is 0.242 e. The summed E-state index contributed by atoms with van der Waals surface area (Å²) in [4.78, 5) is 43.3. The first-order chi connectivity index (χ1) is 15.8. The zero-order valence-corrected chi connectivity index (χ0v) is 20.1. The number of methoxy groups -OCH3 is 1. The largest absolute Gasteiger partial charge is 0.383 e. The molecule has 2 aromatic carbocycles. The Morgan fingerprint density at radius 3 is 2.36 bits per heavy atom. The van der Waals surface area contributed by atoms with Gasteiger partial charge in [0.25, 0.3) is 0 Å². The maximum absolute atomic E-state index is 13.0. The predicted molar refractivity (Wildman–Crippen MR) is 132 cm³/mol. The number of rotatable bonds is 9. The maximum Gasteiger partial charge on any atom is 0.242 e. The van der Waals surface area contributed by atoms with Gasteiger partial charge in [-0.15, -0.1) is 0 Å². The summed E-state index contributed by atoms with van der Waals surface area (Å²) in [6.45, 7) is 6.50. The van der Waals surface area contributed by atoms with Gasteiger partial charge < -0.3 is 10.1 Å². The Labute approximate surface area is 198 Å². The number of amides is 2. The molecular formula is C25H29N3O4S. The molecule has 174 valence electrons. The van der Waals surface area contributed by atoms with Crippen molar-refractivity contribution in [2.24, 2.45) is 4.99 Å². The summed E-state index contributed by atoms with van der Waals surface area (Å²) in [6.07, 6.45) is 0.0206. The molecule has 1 heterocycles. The van der Waals surface area contributed by atoms with E-state index in [1.165, 1.54) is 24.2 Å². The summed E-state index contributed by atoms with van der Waals surface area (Å²) in [5.41, 5.74) is 3.13. The second-order valence-corrected chi connectivity index (χ2v) is 9.29. The highest BCUT2D eigenvalue weighted by Gasteiger charge is 2.39. The lowest BCUT2D eigenvalue weighted by Crippen LogP contribution is -2.35. The Morgan fingerprint density at radius 1 is 1.12 bits per heavy atom. The Hall–Kier alpha value is -2.97. The molecule has 0 aromatic heterocycles. The summed E-state index contributed by atoms with van der Waals surface area (Å²) >= 11 is 1.29. The van der Waals surface area contributed by atoms with E-state index in [-0.39, 0.29) is 24.0 Å². The van der Waals surface area contributed by atoms with Gasteiger partial charge in [0.1, 0.15) is 5.25 Å². The average molecular weight is 468 g/mol. The van der Waals surface area contributed by atoms with Crippen LogP contribution in [0.15, 0.2) is 53.5 Å². The van der Waals surface area contributed by atoms with Gasteiger partial charge >= 0.3 is 0 Å². The number of carbonyl (C=O) groups excluding carboxylic acids is 3. The van der Waals surface area contributed by atoms with Crippen LogP contribution < -0.4 is 5.32 Å². The molecule has 3 rings (SSSR count). The minimum Gasteiger partial charge on any atom is -0.383 e. The molecule has 1 aliphatic heterocycles. The SMILES string of the molecule is COCCN1C(=O)C(CC(=O)Nc2ccc(C(C)=O)cc2)SC1=Nc1ccc(C(C)C)cc1. The number of thioether (sulfide) groups is 1. The summed E-state index contributed by atoms with van der Waals surface area (Å²) in [5, 5.41) is 2.80. The van der Waals surface area contributed by atoms with Crippen LogP contribution in [-0.4, -0.2) is 53.2 Å². The molecule has 1 aliphatic rings. The number of Topliss-reactive ketones (excluding diaryl/α,β-unsaturated/α-hetero) is 1. The first-order valence-corrected chi connectivity index (χ1v) is 11.7. The van der Waals surface area contributed by atoms with Crippen LogP contribution >= 0.6 is 11.8 Å². The van der Waals surface area contributed by atoms with Crippen LogP contribution in [0, 0.1) is 0 Å². The summed E-state index contributed by atoms with van der Waals surface area (Å²) < 4.78 is 5.15. The van der Waals surface area contributed by atoms with Crippen LogP contribution in [-0.2, 0) is 14.3 Å². The van der Waals surface area contributed by atoms with Crippen LogP contribution in [0.3, 0.4) is 0 Å². The first kappa shape index (κ1) is 24.7. The topological polar surface area (TPSA) is 88.1 Å². The predicted octanol–water partition coefficient (Wildman–Crippen LogP) is 4.62. The van der Waals surface area contributed by atoms with E-state index in [0.29, 0.717) is 35.5 Å². The Bertz CT molecular complexity index is 1030. The van der Waals surface area contributed by atoms with Crippen molar-refractivity contribution in [3.8, 4) is 0 Å². The molecule has 0 aliphatic carbocycles. The fourth-order valence-electron chi connectivity index (χ4n) is 3.33. The molecule has 7 nitrogen and oxygen atoms in total. The van der Waals surface area contributed by atoms with Gasteiger partial charge in [-0.25, -0.2) is 4.99 Å². The number of anilines is 1. The molecule has 8 heteroatoms. The van der Waals surface area contributed by atoms with Crippen molar-refractivity contribution in [1.82, 2.24) is 4.90 Å². The lowest BCUT2D eigenvalue weighted by atomic mass is 10.0. The van der Waals surface area contributed by atoms with Crippen LogP contribution in [0.2, 0.25) is 0 Å². The molecule has 0 saturated carbocycles. The van der Waals surface area contributed by atoms with Crippen LogP contribution in [0.4, 0.5) is 11.4 Å². The fraction of sp³-hybridized carbons (Fsp3) is 0.360. The van der Waals surface area contributed by atoms with Crippen molar-refractivity contribution in [2.75, 3.05) is 25.6 Å². The van der Waals surface area contributed by atoms with Crippen LogP contribution in [0.5, 0.6) is 0 Å². The summed E-state index contributed by atoms with van der Waals surface area (Å²) in [5.74, 6) is -0.0427. The Kier molecular flexibility index (Phi) is 8.41. The summed E-state index contributed by atoms with van der Waals surface area (Å²) in [7, 11) is 1.58.